The fourth-order valence-electron chi connectivity index (χ4n) is 3.44. The van der Waals surface area contributed by atoms with Crippen molar-refractivity contribution in [1.29, 1.82) is 0 Å². The summed E-state index contributed by atoms with van der Waals surface area (Å²) in [4.78, 5) is 11.8. The van der Waals surface area contributed by atoms with Gasteiger partial charge in [-0.3, -0.25) is 10.0 Å². The summed E-state index contributed by atoms with van der Waals surface area (Å²) in [5.74, 6) is -0.208. The lowest BCUT2D eigenvalue weighted by molar-refractivity contribution is -0.130. The molecule has 0 aliphatic carbocycles. The molecule has 1 saturated heterocycles. The molecule has 1 amide bonds. The number of carbonyl (C=O) groups excluding carboxylic acids is 1. The van der Waals surface area contributed by atoms with E-state index in [0.717, 1.165) is 0 Å². The van der Waals surface area contributed by atoms with Gasteiger partial charge in [0.1, 0.15) is 22.1 Å². The molecule has 1 aliphatic rings. The van der Waals surface area contributed by atoms with Crippen LogP contribution in [0.1, 0.15) is 31.2 Å². The zero-order valence-electron chi connectivity index (χ0n) is 14.5. The summed E-state index contributed by atoms with van der Waals surface area (Å²) >= 11 is 0. The third-order valence-electron chi connectivity index (χ3n) is 4.84. The highest BCUT2D eigenvalue weighted by atomic mass is 32.2. The van der Waals surface area contributed by atoms with Gasteiger partial charge in [0.05, 0.1) is 12.2 Å². The lowest BCUT2D eigenvalue weighted by Crippen LogP contribution is -2.44. The zero-order chi connectivity index (χ0) is 19.5. The first kappa shape index (κ1) is 19.3. The number of hydrogen-bond acceptors (Lipinski definition) is 5. The van der Waals surface area contributed by atoms with Gasteiger partial charge in [-0.2, -0.15) is 0 Å². The van der Waals surface area contributed by atoms with E-state index < -0.39 is 20.5 Å². The number of hydroxylamine groups is 1. The third kappa shape index (κ3) is 3.96. The van der Waals surface area contributed by atoms with Crippen molar-refractivity contribution in [2.75, 3.05) is 5.75 Å². The van der Waals surface area contributed by atoms with Gasteiger partial charge in [-0.05, 0) is 54.8 Å². The summed E-state index contributed by atoms with van der Waals surface area (Å²) in [5.41, 5.74) is 2.02. The number of nitrogens with one attached hydrogen (secondary N) is 1. The summed E-state index contributed by atoms with van der Waals surface area (Å²) in [7, 11) is -3.57. The molecule has 0 radical (unpaired) electrons. The molecule has 2 aromatic carbocycles. The lowest BCUT2D eigenvalue weighted by atomic mass is 9.88. The summed E-state index contributed by atoms with van der Waals surface area (Å²) in [6, 6.07) is 12.0. The second kappa shape index (κ2) is 7.66. The van der Waals surface area contributed by atoms with E-state index in [4.69, 9.17) is 9.94 Å². The number of sulfone groups is 1. The Morgan fingerprint density at radius 1 is 1.07 bits per heavy atom. The van der Waals surface area contributed by atoms with Crippen LogP contribution in [-0.4, -0.2) is 25.3 Å². The third-order valence-corrected chi connectivity index (χ3v) is 7.44. The first-order valence-electron chi connectivity index (χ1n) is 8.55. The van der Waals surface area contributed by atoms with E-state index in [2.05, 4.69) is 0 Å². The Hall–Kier alpha value is -2.45. The molecule has 3 rings (SSSR count). The summed E-state index contributed by atoms with van der Waals surface area (Å²) < 4.78 is 42.9. The van der Waals surface area contributed by atoms with E-state index in [1.807, 2.05) is 0 Å². The number of hydrogen-bond donors (Lipinski definition) is 2. The summed E-state index contributed by atoms with van der Waals surface area (Å²) in [6.45, 7) is 0. The molecule has 2 aromatic rings. The molecule has 2 N–H and O–H groups in total. The van der Waals surface area contributed by atoms with Crippen LogP contribution in [0.25, 0.3) is 0 Å². The van der Waals surface area contributed by atoms with Crippen LogP contribution in [-0.2, 0) is 19.4 Å². The van der Waals surface area contributed by atoms with E-state index >= 15 is 0 Å². The minimum Gasteiger partial charge on any atom is -0.457 e. The number of halogens is 1. The van der Waals surface area contributed by atoms with Gasteiger partial charge in [0.15, 0.2) is 9.84 Å². The van der Waals surface area contributed by atoms with Gasteiger partial charge in [-0.25, -0.2) is 18.3 Å². The molecular formula is C19H20FNO5S. The van der Waals surface area contributed by atoms with Crippen LogP contribution in [0.2, 0.25) is 0 Å². The number of ether oxygens (including phenoxy) is 1. The van der Waals surface area contributed by atoms with Gasteiger partial charge in [0.25, 0.3) is 0 Å². The van der Waals surface area contributed by atoms with Crippen LogP contribution in [0, 0.1) is 5.82 Å². The second-order valence-corrected chi connectivity index (χ2v) is 8.98. The first-order chi connectivity index (χ1) is 12.9. The predicted octanol–water partition coefficient (Wildman–Crippen LogP) is 3.31. The minimum atomic E-state index is -3.57. The molecule has 0 aromatic heterocycles. The Kier molecular flexibility index (Phi) is 5.48. The predicted molar refractivity (Wildman–Crippen MR) is 96.8 cm³/mol. The van der Waals surface area contributed by atoms with Crippen molar-refractivity contribution in [3.8, 4) is 11.5 Å². The number of rotatable bonds is 5. The van der Waals surface area contributed by atoms with Crippen LogP contribution < -0.4 is 10.2 Å². The van der Waals surface area contributed by atoms with Crippen LogP contribution in [0.15, 0.2) is 48.5 Å². The summed E-state index contributed by atoms with van der Waals surface area (Å²) in [5, 5.41) is 8.88. The Bertz CT molecular complexity index is 912. The number of benzene rings is 2. The number of carbonyl (C=O) groups is 1. The van der Waals surface area contributed by atoms with E-state index in [0.29, 0.717) is 36.3 Å². The first-order valence-corrected chi connectivity index (χ1v) is 10.2. The van der Waals surface area contributed by atoms with Crippen LogP contribution >= 0.6 is 0 Å². The lowest BCUT2D eigenvalue weighted by Gasteiger charge is -2.36. The average Bonchev–Trinajstić information content (AvgIpc) is 2.66. The van der Waals surface area contributed by atoms with E-state index in [9.17, 15) is 17.6 Å². The van der Waals surface area contributed by atoms with Crippen molar-refractivity contribution in [1.82, 2.24) is 5.48 Å². The van der Waals surface area contributed by atoms with Crippen LogP contribution in [0.3, 0.4) is 0 Å². The quantitative estimate of drug-likeness (QED) is 0.601. The van der Waals surface area contributed by atoms with Crippen molar-refractivity contribution < 1.29 is 27.5 Å². The smallest absolute Gasteiger partial charge is 0.245 e. The second-order valence-electron chi connectivity index (χ2n) is 6.56. The molecule has 0 spiro atoms. The molecule has 27 heavy (non-hydrogen) atoms. The highest BCUT2D eigenvalue weighted by Crippen LogP contribution is 2.43. The summed E-state index contributed by atoms with van der Waals surface area (Å²) in [6.07, 6.45) is 1.19. The molecule has 0 bridgehead atoms. The Morgan fingerprint density at radius 3 is 2.22 bits per heavy atom. The fraction of sp³-hybridized carbons (Fsp3) is 0.316. The number of amides is 1. The standard InChI is InChI=1S/C19H20FNO5S/c20-15-5-9-17(10-6-15)26-16-7-3-14(4-8-16)19(13-18(22)21-23)11-1-2-12-27(19,24)25/h3-10,23H,1-2,11-13H2,(H,21,22). The largest absolute Gasteiger partial charge is 0.457 e. The molecule has 1 fully saturated rings. The van der Waals surface area contributed by atoms with Gasteiger partial charge < -0.3 is 4.74 Å². The average molecular weight is 393 g/mol. The maximum Gasteiger partial charge on any atom is 0.245 e. The molecule has 6 nitrogen and oxygen atoms in total. The van der Waals surface area contributed by atoms with Crippen LogP contribution in [0.4, 0.5) is 4.39 Å². The van der Waals surface area contributed by atoms with Gasteiger partial charge in [0, 0.05) is 0 Å². The Balaban J connectivity index is 1.91. The van der Waals surface area contributed by atoms with Gasteiger partial charge in [-0.1, -0.05) is 18.6 Å². The van der Waals surface area contributed by atoms with Gasteiger partial charge in [-0.15, -0.1) is 0 Å². The van der Waals surface area contributed by atoms with E-state index in [1.54, 1.807) is 24.3 Å². The van der Waals surface area contributed by atoms with Crippen LogP contribution in [0.5, 0.6) is 11.5 Å². The van der Waals surface area contributed by atoms with Crippen molar-refractivity contribution >= 4 is 15.7 Å². The van der Waals surface area contributed by atoms with Gasteiger partial charge in [0.2, 0.25) is 5.91 Å². The molecular weight excluding hydrogens is 373 g/mol. The molecule has 8 heteroatoms. The molecule has 1 aliphatic heterocycles. The molecule has 1 unspecified atom stereocenters. The SMILES string of the molecule is O=C(CC1(c2ccc(Oc3ccc(F)cc3)cc2)CCCCS1(=O)=O)NO. The normalized spacial score (nSPS) is 21.4. The van der Waals surface area contributed by atoms with Crippen molar-refractivity contribution in [2.45, 2.75) is 30.4 Å². The highest BCUT2D eigenvalue weighted by Gasteiger charge is 2.48. The maximum atomic E-state index is 13.0. The molecule has 1 heterocycles. The van der Waals surface area contributed by atoms with Crippen molar-refractivity contribution in [3.63, 3.8) is 0 Å². The van der Waals surface area contributed by atoms with Gasteiger partial charge >= 0.3 is 0 Å². The fourth-order valence-corrected chi connectivity index (χ4v) is 5.72. The van der Waals surface area contributed by atoms with E-state index in [-0.39, 0.29) is 18.0 Å². The maximum absolute atomic E-state index is 13.0. The zero-order valence-corrected chi connectivity index (χ0v) is 15.3. The Morgan fingerprint density at radius 2 is 1.67 bits per heavy atom. The van der Waals surface area contributed by atoms with E-state index in [1.165, 1.54) is 29.7 Å². The molecule has 144 valence electrons. The monoisotopic (exact) mass is 393 g/mol. The molecule has 1 atom stereocenters. The minimum absolute atomic E-state index is 0.000457. The molecule has 0 saturated carbocycles. The van der Waals surface area contributed by atoms with Crippen molar-refractivity contribution in [3.05, 3.63) is 59.9 Å². The Labute approximate surface area is 156 Å². The topological polar surface area (TPSA) is 92.7 Å². The van der Waals surface area contributed by atoms with Crippen molar-refractivity contribution in [2.24, 2.45) is 0 Å². The highest BCUT2D eigenvalue weighted by molar-refractivity contribution is 7.92.